The van der Waals surface area contributed by atoms with Crippen molar-refractivity contribution in [1.82, 2.24) is 9.47 Å². The Balaban J connectivity index is 1.83. The molecule has 1 aromatic heterocycles. The lowest BCUT2D eigenvalue weighted by Crippen LogP contribution is -2.41. The van der Waals surface area contributed by atoms with E-state index in [4.69, 9.17) is 9.84 Å². The third-order valence-electron chi connectivity index (χ3n) is 4.97. The van der Waals surface area contributed by atoms with Crippen LogP contribution in [0.5, 0.6) is 5.75 Å². The predicted octanol–water partition coefficient (Wildman–Crippen LogP) is 2.18. The number of ketones is 1. The summed E-state index contributed by atoms with van der Waals surface area (Å²) in [7, 11) is 1.57. The number of hydrogen-bond donors (Lipinski definition) is 1. The monoisotopic (exact) mass is 358 g/mol. The number of rotatable bonds is 5. The van der Waals surface area contributed by atoms with E-state index in [0.717, 1.165) is 10.9 Å². The maximum absolute atomic E-state index is 12.7. The average Bonchev–Trinajstić information content (AvgIpc) is 2.99. The van der Waals surface area contributed by atoms with Gasteiger partial charge >= 0.3 is 5.97 Å². The van der Waals surface area contributed by atoms with Gasteiger partial charge < -0.3 is 19.3 Å². The van der Waals surface area contributed by atoms with E-state index in [0.29, 0.717) is 37.2 Å². The number of aliphatic carboxylic acids is 1. The molecule has 1 fully saturated rings. The number of carboxylic acids is 1. The summed E-state index contributed by atoms with van der Waals surface area (Å²) in [5.74, 6) is -0.661. The highest BCUT2D eigenvalue weighted by atomic mass is 16.5. The summed E-state index contributed by atoms with van der Waals surface area (Å²) in [5.41, 5.74) is 1.34. The van der Waals surface area contributed by atoms with Crippen LogP contribution < -0.4 is 4.74 Å². The zero-order valence-electron chi connectivity index (χ0n) is 14.9. The number of aromatic nitrogens is 1. The van der Waals surface area contributed by atoms with Crippen LogP contribution in [0.15, 0.2) is 24.4 Å². The second kappa shape index (κ2) is 7.19. The number of carbonyl (C=O) groups is 3. The van der Waals surface area contributed by atoms with E-state index in [2.05, 4.69) is 0 Å². The van der Waals surface area contributed by atoms with Crippen LogP contribution in [0, 0.1) is 5.92 Å². The molecule has 1 aliphatic rings. The Morgan fingerprint density at radius 1 is 1.23 bits per heavy atom. The molecule has 0 aliphatic carbocycles. The second-order valence-electron chi connectivity index (χ2n) is 6.60. The molecule has 2 heterocycles. The molecular weight excluding hydrogens is 336 g/mol. The second-order valence-corrected chi connectivity index (χ2v) is 6.60. The summed E-state index contributed by atoms with van der Waals surface area (Å²) in [4.78, 5) is 37.3. The third-order valence-corrected chi connectivity index (χ3v) is 4.97. The van der Waals surface area contributed by atoms with Crippen molar-refractivity contribution in [3.63, 3.8) is 0 Å². The zero-order chi connectivity index (χ0) is 18.8. The molecule has 0 radical (unpaired) electrons. The molecule has 3 rings (SSSR count). The number of ether oxygens (including phenoxy) is 1. The van der Waals surface area contributed by atoms with Crippen molar-refractivity contribution in [3.8, 4) is 5.75 Å². The Bertz CT molecular complexity index is 862. The van der Waals surface area contributed by atoms with Gasteiger partial charge in [0.25, 0.3) is 0 Å². The molecule has 1 aromatic carbocycles. The maximum atomic E-state index is 12.7. The highest BCUT2D eigenvalue weighted by Crippen LogP contribution is 2.27. The third kappa shape index (κ3) is 3.42. The fraction of sp³-hybridized carbons (Fsp3) is 0.421. The average molecular weight is 358 g/mol. The molecule has 0 atom stereocenters. The summed E-state index contributed by atoms with van der Waals surface area (Å²) >= 11 is 0. The van der Waals surface area contributed by atoms with Gasteiger partial charge in [0.15, 0.2) is 5.78 Å². The number of likely N-dealkylation sites (tertiary alicyclic amines) is 1. The molecule has 138 valence electrons. The van der Waals surface area contributed by atoms with Crippen LogP contribution in [-0.2, 0) is 16.1 Å². The molecule has 26 heavy (non-hydrogen) atoms. The van der Waals surface area contributed by atoms with Crippen LogP contribution in [0.4, 0.5) is 0 Å². The molecule has 0 bridgehead atoms. The Morgan fingerprint density at radius 2 is 1.92 bits per heavy atom. The fourth-order valence-electron chi connectivity index (χ4n) is 3.43. The normalized spacial score (nSPS) is 15.2. The summed E-state index contributed by atoms with van der Waals surface area (Å²) < 4.78 is 7.02. The number of hydrogen-bond acceptors (Lipinski definition) is 4. The van der Waals surface area contributed by atoms with Crippen molar-refractivity contribution in [2.45, 2.75) is 26.3 Å². The first-order valence-corrected chi connectivity index (χ1v) is 8.59. The number of nitrogens with zero attached hydrogens (tertiary/aromatic N) is 2. The van der Waals surface area contributed by atoms with Crippen LogP contribution in [0.3, 0.4) is 0 Å². The van der Waals surface area contributed by atoms with Gasteiger partial charge in [-0.1, -0.05) is 0 Å². The highest BCUT2D eigenvalue weighted by molar-refractivity contribution is 6.07. The lowest BCUT2D eigenvalue weighted by Gasteiger charge is -2.30. The summed E-state index contributed by atoms with van der Waals surface area (Å²) in [6.07, 6.45) is 2.65. The molecule has 2 aromatic rings. The van der Waals surface area contributed by atoms with Crippen molar-refractivity contribution in [2.24, 2.45) is 5.92 Å². The molecule has 0 unspecified atom stereocenters. The molecule has 0 spiro atoms. The van der Waals surface area contributed by atoms with Crippen molar-refractivity contribution < 1.29 is 24.2 Å². The lowest BCUT2D eigenvalue weighted by molar-refractivity contribution is -0.145. The highest BCUT2D eigenvalue weighted by Gasteiger charge is 2.27. The van der Waals surface area contributed by atoms with E-state index in [9.17, 15) is 14.4 Å². The lowest BCUT2D eigenvalue weighted by atomic mass is 9.97. The Hall–Kier alpha value is -2.83. The van der Waals surface area contributed by atoms with E-state index in [1.807, 2.05) is 12.1 Å². The van der Waals surface area contributed by atoms with Crippen LogP contribution >= 0.6 is 0 Å². The van der Waals surface area contributed by atoms with Crippen LogP contribution in [0.2, 0.25) is 0 Å². The molecule has 7 heteroatoms. The van der Waals surface area contributed by atoms with Crippen LogP contribution in [0.1, 0.15) is 30.1 Å². The zero-order valence-corrected chi connectivity index (χ0v) is 14.9. The number of amides is 1. The molecular formula is C19H22N2O5. The minimum Gasteiger partial charge on any atom is -0.497 e. The molecule has 1 aliphatic heterocycles. The molecule has 0 saturated carbocycles. The Labute approximate surface area is 151 Å². The first-order chi connectivity index (χ1) is 12.4. The minimum atomic E-state index is -0.799. The molecule has 7 nitrogen and oxygen atoms in total. The topological polar surface area (TPSA) is 88.8 Å². The van der Waals surface area contributed by atoms with Gasteiger partial charge in [0, 0.05) is 36.3 Å². The van der Waals surface area contributed by atoms with E-state index in [-0.39, 0.29) is 24.2 Å². The van der Waals surface area contributed by atoms with Crippen molar-refractivity contribution in [1.29, 1.82) is 0 Å². The maximum Gasteiger partial charge on any atom is 0.306 e. The SMILES string of the molecule is COc1ccc2c(C(C)=O)cn(CC(=O)N3CCC(C(=O)O)CC3)c2c1. The summed E-state index contributed by atoms with van der Waals surface area (Å²) in [6.45, 7) is 2.49. The van der Waals surface area contributed by atoms with Crippen molar-refractivity contribution in [2.75, 3.05) is 20.2 Å². The van der Waals surface area contributed by atoms with Gasteiger partial charge in [-0.2, -0.15) is 0 Å². The fourth-order valence-corrected chi connectivity index (χ4v) is 3.43. The number of methoxy groups -OCH3 is 1. The molecule has 1 saturated heterocycles. The predicted molar refractivity (Wildman–Crippen MR) is 95.4 cm³/mol. The summed E-state index contributed by atoms with van der Waals surface area (Å²) in [5, 5.41) is 9.86. The van der Waals surface area contributed by atoms with Crippen LogP contribution in [-0.4, -0.2) is 52.4 Å². The van der Waals surface area contributed by atoms with E-state index < -0.39 is 5.97 Å². The van der Waals surface area contributed by atoms with Crippen molar-refractivity contribution in [3.05, 3.63) is 30.0 Å². The smallest absolute Gasteiger partial charge is 0.306 e. The largest absolute Gasteiger partial charge is 0.497 e. The van der Waals surface area contributed by atoms with Gasteiger partial charge in [0.2, 0.25) is 5.91 Å². The molecule has 1 N–H and O–H groups in total. The number of fused-ring (bicyclic) bond motifs is 1. The standard InChI is InChI=1S/C19H22N2O5/c1-12(22)16-10-21(17-9-14(26-2)3-4-15(16)17)11-18(23)20-7-5-13(6-8-20)19(24)25/h3-4,9-10,13H,5-8,11H2,1-2H3,(H,24,25). The van der Waals surface area contributed by atoms with Gasteiger partial charge in [0.1, 0.15) is 12.3 Å². The number of piperidine rings is 1. The number of carbonyl (C=O) groups excluding carboxylic acids is 2. The van der Waals surface area contributed by atoms with Gasteiger partial charge in [-0.05, 0) is 31.9 Å². The van der Waals surface area contributed by atoms with Crippen molar-refractivity contribution >= 4 is 28.6 Å². The minimum absolute atomic E-state index is 0.0614. The number of benzene rings is 1. The molecule has 1 amide bonds. The van der Waals surface area contributed by atoms with E-state index >= 15 is 0 Å². The quantitative estimate of drug-likeness (QED) is 0.828. The first kappa shape index (κ1) is 18.0. The van der Waals surface area contributed by atoms with Gasteiger partial charge in [-0.3, -0.25) is 14.4 Å². The van der Waals surface area contributed by atoms with E-state index in [1.54, 1.807) is 28.8 Å². The Kier molecular flexibility index (Phi) is 4.97. The summed E-state index contributed by atoms with van der Waals surface area (Å²) in [6, 6.07) is 5.42. The number of carboxylic acid groups (broad SMARTS) is 1. The Morgan fingerprint density at radius 3 is 2.50 bits per heavy atom. The van der Waals surface area contributed by atoms with Gasteiger partial charge in [0.05, 0.1) is 18.5 Å². The number of Topliss-reactive ketones (excluding diaryl/α,β-unsaturated/α-hetero) is 1. The first-order valence-electron chi connectivity index (χ1n) is 8.59. The van der Waals surface area contributed by atoms with E-state index in [1.165, 1.54) is 6.92 Å². The van der Waals surface area contributed by atoms with Crippen LogP contribution in [0.25, 0.3) is 10.9 Å². The van der Waals surface area contributed by atoms with Gasteiger partial charge in [-0.25, -0.2) is 0 Å². The van der Waals surface area contributed by atoms with Gasteiger partial charge in [-0.15, -0.1) is 0 Å².